The highest BCUT2D eigenvalue weighted by molar-refractivity contribution is 6.08. The van der Waals surface area contributed by atoms with Crippen LogP contribution in [0.15, 0.2) is 12.3 Å². The number of rotatable bonds is 0. The summed E-state index contributed by atoms with van der Waals surface area (Å²) in [5.41, 5.74) is 1.01. The summed E-state index contributed by atoms with van der Waals surface area (Å²) in [6.07, 6.45) is 2.12. The van der Waals surface area contributed by atoms with Crippen molar-refractivity contribution in [3.05, 3.63) is 23.5 Å². The van der Waals surface area contributed by atoms with Crippen LogP contribution in [0.3, 0.4) is 0 Å². The molecule has 68 valence electrons. The molecule has 0 spiro atoms. The zero-order chi connectivity index (χ0) is 9.42. The molecule has 0 unspecified atom stereocenters. The van der Waals surface area contributed by atoms with E-state index in [1.54, 1.807) is 23.9 Å². The Morgan fingerprint density at radius 1 is 1.46 bits per heavy atom. The second-order valence-corrected chi connectivity index (χ2v) is 3.12. The number of carbonyl (C=O) groups is 2. The van der Waals surface area contributed by atoms with E-state index in [0.717, 1.165) is 0 Å². The van der Waals surface area contributed by atoms with E-state index in [4.69, 9.17) is 0 Å². The van der Waals surface area contributed by atoms with Gasteiger partial charge in [-0.3, -0.25) is 9.59 Å². The second-order valence-electron chi connectivity index (χ2n) is 3.12. The summed E-state index contributed by atoms with van der Waals surface area (Å²) >= 11 is 0. The van der Waals surface area contributed by atoms with E-state index in [9.17, 15) is 9.59 Å². The first-order valence-corrected chi connectivity index (χ1v) is 4.17. The number of nitrogens with one attached hydrogen (secondary N) is 1. The lowest BCUT2D eigenvalue weighted by Gasteiger charge is -1.99. The third kappa shape index (κ3) is 1.14. The number of aryl methyl sites for hydroxylation is 1. The van der Waals surface area contributed by atoms with E-state index in [1.807, 2.05) is 0 Å². The fourth-order valence-electron chi connectivity index (χ4n) is 1.56. The molecular weight excluding hydrogens is 168 g/mol. The Bertz CT molecular complexity index is 379. The lowest BCUT2D eigenvalue weighted by Crippen LogP contribution is -2.22. The minimum atomic E-state index is -0.151. The van der Waals surface area contributed by atoms with Gasteiger partial charge in [0, 0.05) is 26.2 Å². The Balaban J connectivity index is 2.59. The number of hydrogen-bond donors (Lipinski definition) is 1. The number of amides is 1. The van der Waals surface area contributed by atoms with E-state index in [0.29, 0.717) is 24.2 Å². The molecule has 4 nitrogen and oxygen atoms in total. The van der Waals surface area contributed by atoms with Crippen LogP contribution in [0.4, 0.5) is 0 Å². The summed E-state index contributed by atoms with van der Waals surface area (Å²) in [6, 6.07) is 1.67. The summed E-state index contributed by atoms with van der Waals surface area (Å²) in [6.45, 7) is 0.437. The SMILES string of the molecule is Cn1ccc2c1C(=O)CCNC2=O. The van der Waals surface area contributed by atoms with Crippen molar-refractivity contribution in [1.29, 1.82) is 0 Å². The van der Waals surface area contributed by atoms with Crippen LogP contribution >= 0.6 is 0 Å². The van der Waals surface area contributed by atoms with Crippen molar-refractivity contribution in [3.63, 3.8) is 0 Å². The van der Waals surface area contributed by atoms with Gasteiger partial charge in [0.05, 0.1) is 11.3 Å². The van der Waals surface area contributed by atoms with Gasteiger partial charge in [-0.05, 0) is 6.07 Å². The van der Waals surface area contributed by atoms with Crippen LogP contribution in [0.1, 0.15) is 27.3 Å². The molecule has 0 fully saturated rings. The quantitative estimate of drug-likeness (QED) is 0.622. The van der Waals surface area contributed by atoms with E-state index >= 15 is 0 Å². The molecule has 0 bridgehead atoms. The topological polar surface area (TPSA) is 51.1 Å². The third-order valence-corrected chi connectivity index (χ3v) is 2.22. The van der Waals surface area contributed by atoms with Gasteiger partial charge in [0.25, 0.3) is 5.91 Å². The van der Waals surface area contributed by atoms with E-state index in [1.165, 1.54) is 0 Å². The maximum absolute atomic E-state index is 11.5. The number of carbonyl (C=O) groups excluding carboxylic acids is 2. The van der Waals surface area contributed by atoms with Crippen molar-refractivity contribution in [2.24, 2.45) is 7.05 Å². The Kier molecular flexibility index (Phi) is 1.69. The summed E-state index contributed by atoms with van der Waals surface area (Å²) in [5.74, 6) is -0.123. The summed E-state index contributed by atoms with van der Waals surface area (Å²) in [7, 11) is 1.77. The summed E-state index contributed by atoms with van der Waals surface area (Å²) in [4.78, 5) is 22.9. The first-order chi connectivity index (χ1) is 6.20. The maximum Gasteiger partial charge on any atom is 0.253 e. The first kappa shape index (κ1) is 8.04. The van der Waals surface area contributed by atoms with E-state index in [2.05, 4.69) is 5.32 Å². The molecular formula is C9H10N2O2. The molecule has 2 heterocycles. The molecule has 1 aliphatic heterocycles. The molecule has 1 aromatic heterocycles. The second kappa shape index (κ2) is 2.73. The van der Waals surface area contributed by atoms with Crippen LogP contribution in [-0.4, -0.2) is 22.8 Å². The van der Waals surface area contributed by atoms with Crippen LogP contribution in [0, 0.1) is 0 Å². The van der Waals surface area contributed by atoms with Gasteiger partial charge in [0.15, 0.2) is 5.78 Å². The Morgan fingerprint density at radius 2 is 2.23 bits per heavy atom. The van der Waals surface area contributed by atoms with Crippen LogP contribution in [0.2, 0.25) is 0 Å². The Morgan fingerprint density at radius 3 is 3.00 bits per heavy atom. The highest BCUT2D eigenvalue weighted by Crippen LogP contribution is 2.14. The molecule has 1 amide bonds. The van der Waals surface area contributed by atoms with Gasteiger partial charge in [-0.2, -0.15) is 0 Å². The molecule has 4 heteroatoms. The minimum absolute atomic E-state index is 0.0286. The standard InChI is InChI=1S/C9H10N2O2/c1-11-5-3-6-8(11)7(12)2-4-10-9(6)13/h3,5H,2,4H2,1H3,(H,10,13). The molecule has 1 aromatic rings. The lowest BCUT2D eigenvalue weighted by molar-refractivity contribution is 0.0956. The number of nitrogens with zero attached hydrogens (tertiary/aromatic N) is 1. The third-order valence-electron chi connectivity index (χ3n) is 2.22. The molecule has 1 N–H and O–H groups in total. The lowest BCUT2D eigenvalue weighted by atomic mass is 10.1. The summed E-state index contributed by atoms with van der Waals surface area (Å²) in [5, 5.41) is 2.67. The smallest absolute Gasteiger partial charge is 0.253 e. The molecule has 0 saturated carbocycles. The van der Waals surface area contributed by atoms with Crippen LogP contribution in [0.5, 0.6) is 0 Å². The highest BCUT2D eigenvalue weighted by Gasteiger charge is 2.23. The molecule has 0 atom stereocenters. The Hall–Kier alpha value is -1.58. The van der Waals surface area contributed by atoms with Gasteiger partial charge < -0.3 is 9.88 Å². The molecule has 13 heavy (non-hydrogen) atoms. The normalized spacial score (nSPS) is 16.4. The fraction of sp³-hybridized carbons (Fsp3) is 0.333. The number of aromatic nitrogens is 1. The van der Waals surface area contributed by atoms with E-state index < -0.39 is 0 Å². The van der Waals surface area contributed by atoms with E-state index in [-0.39, 0.29) is 11.7 Å². The minimum Gasteiger partial charge on any atom is -0.352 e. The van der Waals surface area contributed by atoms with Crippen molar-refractivity contribution in [2.45, 2.75) is 6.42 Å². The van der Waals surface area contributed by atoms with Gasteiger partial charge in [0.2, 0.25) is 0 Å². The summed E-state index contributed by atoms with van der Waals surface area (Å²) < 4.78 is 1.70. The van der Waals surface area contributed by atoms with Crippen molar-refractivity contribution in [1.82, 2.24) is 9.88 Å². The average molecular weight is 178 g/mol. The molecule has 2 rings (SSSR count). The van der Waals surface area contributed by atoms with Gasteiger partial charge >= 0.3 is 0 Å². The predicted octanol–water partition coefficient (Wildman–Crippen LogP) is 0.341. The predicted molar refractivity (Wildman–Crippen MR) is 46.7 cm³/mol. The molecule has 1 aliphatic rings. The number of hydrogen-bond acceptors (Lipinski definition) is 2. The van der Waals surface area contributed by atoms with Crippen LogP contribution in [0.25, 0.3) is 0 Å². The van der Waals surface area contributed by atoms with Crippen molar-refractivity contribution >= 4 is 11.7 Å². The highest BCUT2D eigenvalue weighted by atomic mass is 16.2. The monoisotopic (exact) mass is 178 g/mol. The van der Waals surface area contributed by atoms with Crippen LogP contribution < -0.4 is 5.32 Å². The van der Waals surface area contributed by atoms with Crippen molar-refractivity contribution in [2.75, 3.05) is 6.54 Å². The zero-order valence-electron chi connectivity index (χ0n) is 7.33. The number of ketones is 1. The van der Waals surface area contributed by atoms with Crippen LogP contribution in [-0.2, 0) is 7.05 Å². The maximum atomic E-state index is 11.5. The number of fused-ring (bicyclic) bond motifs is 1. The fourth-order valence-corrected chi connectivity index (χ4v) is 1.56. The van der Waals surface area contributed by atoms with Gasteiger partial charge in [-0.1, -0.05) is 0 Å². The van der Waals surface area contributed by atoms with Gasteiger partial charge in [-0.15, -0.1) is 0 Å². The molecule has 0 aliphatic carbocycles. The van der Waals surface area contributed by atoms with Crippen molar-refractivity contribution < 1.29 is 9.59 Å². The number of Topliss-reactive ketones (excluding diaryl/α,β-unsaturated/α-hetero) is 1. The first-order valence-electron chi connectivity index (χ1n) is 4.17. The zero-order valence-corrected chi connectivity index (χ0v) is 7.33. The average Bonchev–Trinajstić information content (AvgIpc) is 2.40. The van der Waals surface area contributed by atoms with Crippen molar-refractivity contribution in [3.8, 4) is 0 Å². The largest absolute Gasteiger partial charge is 0.352 e. The van der Waals surface area contributed by atoms with Gasteiger partial charge in [0.1, 0.15) is 0 Å². The molecule has 0 aromatic carbocycles. The molecule has 0 saturated heterocycles. The van der Waals surface area contributed by atoms with Gasteiger partial charge in [-0.25, -0.2) is 0 Å². The Labute approximate surface area is 75.5 Å². The molecule has 0 radical (unpaired) electrons.